The Kier molecular flexibility index (Phi) is 6.34. The van der Waals surface area contributed by atoms with E-state index in [-0.39, 0.29) is 18.1 Å². The number of carbonyl (C=O) groups is 1. The van der Waals surface area contributed by atoms with E-state index in [2.05, 4.69) is 22.0 Å². The predicted molar refractivity (Wildman–Crippen MR) is 103 cm³/mol. The number of thioether (sulfide) groups is 1. The second kappa shape index (κ2) is 8.70. The fourth-order valence-corrected chi connectivity index (χ4v) is 4.26. The first kappa shape index (κ1) is 18.9. The highest BCUT2D eigenvalue weighted by atomic mass is 32.2. The fourth-order valence-electron chi connectivity index (χ4n) is 3.24. The number of benzene rings is 1. The van der Waals surface area contributed by atoms with Gasteiger partial charge in [-0.25, -0.2) is 0 Å². The van der Waals surface area contributed by atoms with Crippen molar-refractivity contribution in [3.63, 3.8) is 0 Å². The molecule has 1 fully saturated rings. The average Bonchev–Trinajstić information content (AvgIpc) is 3.03. The number of nitrogens with zero attached hydrogens (tertiary/aromatic N) is 1. The van der Waals surface area contributed by atoms with E-state index in [1.165, 1.54) is 0 Å². The van der Waals surface area contributed by atoms with Crippen LogP contribution in [0.2, 0.25) is 0 Å². The smallest absolute Gasteiger partial charge is 0.247 e. The summed E-state index contributed by atoms with van der Waals surface area (Å²) in [5, 5.41) is 10.5. The van der Waals surface area contributed by atoms with Crippen LogP contribution in [0.3, 0.4) is 0 Å². The van der Waals surface area contributed by atoms with Gasteiger partial charge in [0.05, 0.1) is 6.10 Å². The number of hydrogen-bond acceptors (Lipinski definition) is 6. The quantitative estimate of drug-likeness (QED) is 0.738. The van der Waals surface area contributed by atoms with Crippen LogP contribution < -0.4 is 10.6 Å². The van der Waals surface area contributed by atoms with Gasteiger partial charge in [-0.15, -0.1) is 0 Å². The van der Waals surface area contributed by atoms with Gasteiger partial charge >= 0.3 is 0 Å². The van der Waals surface area contributed by atoms with E-state index in [1.807, 2.05) is 37.3 Å². The van der Waals surface area contributed by atoms with E-state index in [0.29, 0.717) is 23.4 Å². The number of ether oxygens (including phenoxy) is 1. The summed E-state index contributed by atoms with van der Waals surface area (Å²) >= 11 is 1.78. The lowest BCUT2D eigenvalue weighted by atomic mass is 9.87. The molecule has 6 nitrogen and oxygen atoms in total. The number of nitrogens with one attached hydrogen (secondary N) is 2. The molecule has 0 radical (unpaired) electrons. The standard InChI is InChI=1S/C19H25N3O3S/c1-4-24-15-11-14(18(15)26-3)20-17(13-8-6-5-7-9-13)19(23)21-16-10-12(2)25-22-16/h5-10,14-15,17-18,20H,4,11H2,1-3H3,(H,21,22,23)/t14-,15-,17?,18+/m1/s1. The van der Waals surface area contributed by atoms with Crippen molar-refractivity contribution in [2.24, 2.45) is 0 Å². The van der Waals surface area contributed by atoms with Crippen LogP contribution in [0.4, 0.5) is 5.82 Å². The summed E-state index contributed by atoms with van der Waals surface area (Å²) in [5.41, 5.74) is 0.921. The van der Waals surface area contributed by atoms with Gasteiger partial charge < -0.3 is 14.6 Å². The summed E-state index contributed by atoms with van der Waals surface area (Å²) in [6.45, 7) is 4.52. The third kappa shape index (κ3) is 4.28. The molecular weight excluding hydrogens is 350 g/mol. The molecule has 4 atom stereocenters. The van der Waals surface area contributed by atoms with Gasteiger partial charge in [0.25, 0.3) is 0 Å². The molecule has 0 bridgehead atoms. The summed E-state index contributed by atoms with van der Waals surface area (Å²) in [4.78, 5) is 12.9. The Morgan fingerprint density at radius 1 is 1.42 bits per heavy atom. The molecule has 26 heavy (non-hydrogen) atoms. The van der Waals surface area contributed by atoms with Crippen LogP contribution in [0, 0.1) is 6.92 Å². The van der Waals surface area contributed by atoms with Crippen molar-refractivity contribution < 1.29 is 14.1 Å². The van der Waals surface area contributed by atoms with Crippen LogP contribution in [0.1, 0.15) is 30.7 Å². The van der Waals surface area contributed by atoms with Gasteiger partial charge in [-0.05, 0) is 32.1 Å². The third-order valence-electron chi connectivity index (χ3n) is 4.56. The van der Waals surface area contributed by atoms with Crippen LogP contribution in [0.15, 0.2) is 40.9 Å². The van der Waals surface area contributed by atoms with Crippen molar-refractivity contribution in [1.29, 1.82) is 0 Å². The molecule has 1 heterocycles. The first-order valence-electron chi connectivity index (χ1n) is 8.82. The number of anilines is 1. The predicted octanol–water partition coefficient (Wildman–Crippen LogP) is 3.16. The molecule has 1 aliphatic rings. The number of amides is 1. The number of aryl methyl sites for hydroxylation is 1. The SMILES string of the molecule is CCO[C@@H]1C[C@@H](NC(C(=O)Nc2cc(C)on2)c2ccccc2)[C@@H]1SC. The van der Waals surface area contributed by atoms with Crippen LogP contribution in [0.25, 0.3) is 0 Å². The Bertz CT molecular complexity index is 722. The molecular formula is C19H25N3O3S. The van der Waals surface area contributed by atoms with Crippen molar-refractivity contribution in [1.82, 2.24) is 10.5 Å². The van der Waals surface area contributed by atoms with Crippen molar-refractivity contribution in [2.75, 3.05) is 18.2 Å². The number of carbonyl (C=O) groups excluding carboxylic acids is 1. The molecule has 1 aliphatic carbocycles. The van der Waals surface area contributed by atoms with E-state index < -0.39 is 6.04 Å². The highest BCUT2D eigenvalue weighted by Gasteiger charge is 2.43. The van der Waals surface area contributed by atoms with E-state index in [0.717, 1.165) is 12.0 Å². The van der Waals surface area contributed by atoms with Crippen molar-refractivity contribution in [2.45, 2.75) is 43.7 Å². The summed E-state index contributed by atoms with van der Waals surface area (Å²) in [6.07, 6.45) is 3.23. The Morgan fingerprint density at radius 2 is 2.19 bits per heavy atom. The molecule has 1 aromatic carbocycles. The lowest BCUT2D eigenvalue weighted by molar-refractivity contribution is -0.119. The van der Waals surface area contributed by atoms with Gasteiger partial charge in [0.2, 0.25) is 5.91 Å². The van der Waals surface area contributed by atoms with E-state index in [4.69, 9.17) is 9.26 Å². The molecule has 1 saturated carbocycles. The number of hydrogen-bond donors (Lipinski definition) is 2. The molecule has 2 N–H and O–H groups in total. The highest BCUT2D eigenvalue weighted by molar-refractivity contribution is 7.99. The van der Waals surface area contributed by atoms with Gasteiger partial charge in [0, 0.05) is 24.0 Å². The lowest BCUT2D eigenvalue weighted by Gasteiger charge is -2.45. The normalized spacial score (nSPS) is 23.3. The van der Waals surface area contributed by atoms with Crippen molar-refractivity contribution in [3.8, 4) is 0 Å². The fraction of sp³-hybridized carbons (Fsp3) is 0.474. The number of aromatic nitrogens is 1. The molecule has 7 heteroatoms. The second-order valence-corrected chi connectivity index (χ2v) is 7.37. The molecule has 0 saturated heterocycles. The van der Waals surface area contributed by atoms with Gasteiger partial charge in [-0.1, -0.05) is 35.5 Å². The van der Waals surface area contributed by atoms with Crippen molar-refractivity contribution in [3.05, 3.63) is 47.7 Å². The molecule has 3 rings (SSSR count). The van der Waals surface area contributed by atoms with Gasteiger partial charge in [-0.2, -0.15) is 11.8 Å². The molecule has 2 aromatic rings. The minimum Gasteiger partial charge on any atom is -0.377 e. The molecule has 0 spiro atoms. The maximum Gasteiger partial charge on any atom is 0.247 e. The highest BCUT2D eigenvalue weighted by Crippen LogP contribution is 2.35. The summed E-state index contributed by atoms with van der Waals surface area (Å²) in [7, 11) is 0. The Labute approximate surface area is 158 Å². The summed E-state index contributed by atoms with van der Waals surface area (Å²) in [5.74, 6) is 0.937. The van der Waals surface area contributed by atoms with Crippen LogP contribution in [0.5, 0.6) is 0 Å². The zero-order valence-electron chi connectivity index (χ0n) is 15.3. The minimum atomic E-state index is -0.463. The van der Waals surface area contributed by atoms with Crippen LogP contribution in [-0.4, -0.2) is 41.3 Å². The lowest BCUT2D eigenvalue weighted by Crippen LogP contribution is -2.59. The molecule has 0 aliphatic heterocycles. The monoisotopic (exact) mass is 375 g/mol. The zero-order chi connectivity index (χ0) is 18.5. The third-order valence-corrected chi connectivity index (χ3v) is 5.73. The van der Waals surface area contributed by atoms with Crippen LogP contribution in [-0.2, 0) is 9.53 Å². The van der Waals surface area contributed by atoms with Gasteiger partial charge in [0.1, 0.15) is 11.8 Å². The first-order valence-corrected chi connectivity index (χ1v) is 10.1. The maximum absolute atomic E-state index is 12.9. The molecule has 1 amide bonds. The maximum atomic E-state index is 12.9. The topological polar surface area (TPSA) is 76.4 Å². The minimum absolute atomic E-state index is 0.149. The second-order valence-electron chi connectivity index (χ2n) is 6.36. The average molecular weight is 375 g/mol. The first-order chi connectivity index (χ1) is 12.6. The zero-order valence-corrected chi connectivity index (χ0v) is 16.1. The largest absolute Gasteiger partial charge is 0.377 e. The summed E-state index contributed by atoms with van der Waals surface area (Å²) in [6, 6.07) is 11.2. The Morgan fingerprint density at radius 3 is 2.81 bits per heavy atom. The van der Waals surface area contributed by atoms with Gasteiger partial charge in [-0.3, -0.25) is 10.1 Å². The Hall–Kier alpha value is -1.83. The van der Waals surface area contributed by atoms with Crippen LogP contribution >= 0.6 is 11.8 Å². The van der Waals surface area contributed by atoms with E-state index in [9.17, 15) is 4.79 Å². The van der Waals surface area contributed by atoms with E-state index >= 15 is 0 Å². The summed E-state index contributed by atoms with van der Waals surface area (Å²) < 4.78 is 10.8. The van der Waals surface area contributed by atoms with E-state index in [1.54, 1.807) is 24.8 Å². The molecule has 1 unspecified atom stereocenters. The van der Waals surface area contributed by atoms with Gasteiger partial charge in [0.15, 0.2) is 5.82 Å². The number of rotatable bonds is 8. The molecule has 140 valence electrons. The molecule has 1 aromatic heterocycles. The Balaban J connectivity index is 1.73. The van der Waals surface area contributed by atoms with Crippen molar-refractivity contribution >= 4 is 23.5 Å².